The van der Waals surface area contributed by atoms with Crippen molar-refractivity contribution >= 4 is 29.0 Å². The number of nitro groups is 1. The number of phenols is 1. The second-order valence-electron chi connectivity index (χ2n) is 7.89. The molecule has 0 heterocycles. The summed E-state index contributed by atoms with van der Waals surface area (Å²) in [5, 5.41) is 28.6. The highest BCUT2D eigenvalue weighted by Gasteiger charge is 2.15. The van der Waals surface area contributed by atoms with Crippen LogP contribution in [0.1, 0.15) is 59.4 Å². The van der Waals surface area contributed by atoms with Crippen LogP contribution >= 0.6 is 0 Å². The number of esters is 2. The molecule has 0 saturated heterocycles. The van der Waals surface area contributed by atoms with Crippen molar-refractivity contribution in [1.82, 2.24) is 0 Å². The van der Waals surface area contributed by atoms with Crippen LogP contribution in [0.15, 0.2) is 70.9 Å². The van der Waals surface area contributed by atoms with Crippen LogP contribution in [0, 0.1) is 17.0 Å². The van der Waals surface area contributed by atoms with Gasteiger partial charge in [-0.1, -0.05) is 33.1 Å². The Kier molecular flexibility index (Phi) is 10.9. The van der Waals surface area contributed by atoms with Gasteiger partial charge in [0.25, 0.3) is 5.69 Å². The normalized spacial score (nSPS) is 10.4. The molecule has 0 amide bonds. The molecular weight excluding hydrogens is 478 g/mol. The van der Waals surface area contributed by atoms with E-state index in [1.807, 2.05) is 0 Å². The summed E-state index contributed by atoms with van der Waals surface area (Å²) in [4.78, 5) is 34.2. The fourth-order valence-corrected chi connectivity index (χ4v) is 3.05. The maximum atomic E-state index is 12.4. The molecule has 0 radical (unpaired) electrons. The van der Waals surface area contributed by atoms with Crippen molar-refractivity contribution in [2.45, 2.75) is 40.0 Å². The molecule has 0 bridgehead atoms. The van der Waals surface area contributed by atoms with E-state index in [0.29, 0.717) is 16.8 Å². The van der Waals surface area contributed by atoms with Crippen LogP contribution in [-0.2, 0) is 4.74 Å². The Morgan fingerprint density at radius 2 is 1.62 bits per heavy atom. The van der Waals surface area contributed by atoms with Gasteiger partial charge < -0.3 is 14.6 Å². The molecule has 0 aromatic heterocycles. The van der Waals surface area contributed by atoms with Crippen molar-refractivity contribution in [3.05, 3.63) is 87.5 Å². The first-order valence-electron chi connectivity index (χ1n) is 11.6. The number of unbranched alkanes of at least 4 members (excludes halogenated alkanes) is 2. The Balaban J connectivity index is 0.000000877. The molecule has 0 spiro atoms. The summed E-state index contributed by atoms with van der Waals surface area (Å²) >= 11 is 0. The number of azo groups is 1. The first kappa shape index (κ1) is 28.6. The molecule has 3 aromatic carbocycles. The summed E-state index contributed by atoms with van der Waals surface area (Å²) in [5.74, 6) is -1.38. The quantitative estimate of drug-likeness (QED) is 0.111. The monoisotopic (exact) mass is 507 g/mol. The average molecular weight is 508 g/mol. The fraction of sp³-hybridized carbons (Fsp3) is 0.259. The number of hydrogen-bond acceptors (Lipinski definition) is 9. The molecule has 37 heavy (non-hydrogen) atoms. The van der Waals surface area contributed by atoms with E-state index in [-0.39, 0.29) is 28.4 Å². The van der Waals surface area contributed by atoms with Gasteiger partial charge in [-0.2, -0.15) is 5.11 Å². The summed E-state index contributed by atoms with van der Waals surface area (Å²) in [6.45, 7) is 6.09. The number of nitro benzene ring substituents is 1. The zero-order chi connectivity index (χ0) is 27.4. The number of carbonyl (C=O) groups excluding carboxylic acids is 2. The number of phenolic OH excluding ortho intramolecular Hbond substituents is 1. The van der Waals surface area contributed by atoms with E-state index in [2.05, 4.69) is 28.8 Å². The molecule has 0 aliphatic rings. The maximum Gasteiger partial charge on any atom is 0.343 e. The van der Waals surface area contributed by atoms with Crippen LogP contribution < -0.4 is 4.74 Å². The lowest BCUT2D eigenvalue weighted by Gasteiger charge is -2.08. The first-order valence-corrected chi connectivity index (χ1v) is 11.6. The van der Waals surface area contributed by atoms with E-state index in [9.17, 15) is 24.8 Å². The molecule has 194 valence electrons. The zero-order valence-corrected chi connectivity index (χ0v) is 21.1. The number of carbonyl (C=O) groups is 2. The van der Waals surface area contributed by atoms with Gasteiger partial charge in [-0.05, 0) is 55.0 Å². The van der Waals surface area contributed by atoms with Gasteiger partial charge in [0.15, 0.2) is 0 Å². The predicted molar refractivity (Wildman–Crippen MR) is 138 cm³/mol. The van der Waals surface area contributed by atoms with Crippen molar-refractivity contribution in [3.8, 4) is 11.5 Å². The zero-order valence-electron chi connectivity index (χ0n) is 21.1. The van der Waals surface area contributed by atoms with Crippen LogP contribution in [-0.4, -0.2) is 29.1 Å². The molecular formula is C27H29N3O7. The molecule has 1 N–H and O–H groups in total. The Hall–Kier alpha value is -4.60. The van der Waals surface area contributed by atoms with E-state index in [1.165, 1.54) is 87.0 Å². The molecule has 0 atom stereocenters. The molecule has 3 aromatic rings. The minimum Gasteiger partial charge on any atom is -0.505 e. The van der Waals surface area contributed by atoms with Crippen molar-refractivity contribution < 1.29 is 29.1 Å². The number of non-ortho nitro benzene ring substituents is 1. The van der Waals surface area contributed by atoms with Gasteiger partial charge in [0, 0.05) is 18.2 Å². The minimum atomic E-state index is -0.677. The molecule has 0 aliphatic heterocycles. The van der Waals surface area contributed by atoms with E-state index >= 15 is 0 Å². The first-order chi connectivity index (χ1) is 17.7. The number of benzene rings is 3. The topological polar surface area (TPSA) is 141 Å². The highest BCUT2D eigenvalue weighted by molar-refractivity contribution is 5.95. The van der Waals surface area contributed by atoms with Crippen molar-refractivity contribution in [2.75, 3.05) is 7.11 Å². The Bertz CT molecular complexity index is 1270. The number of aryl methyl sites for hydroxylation is 1. The van der Waals surface area contributed by atoms with Crippen LogP contribution in [0.3, 0.4) is 0 Å². The lowest BCUT2D eigenvalue weighted by molar-refractivity contribution is -0.384. The van der Waals surface area contributed by atoms with Crippen LogP contribution in [0.5, 0.6) is 11.5 Å². The van der Waals surface area contributed by atoms with Crippen LogP contribution in [0.25, 0.3) is 0 Å². The largest absolute Gasteiger partial charge is 0.505 e. The number of hydrogen-bond donors (Lipinski definition) is 1. The van der Waals surface area contributed by atoms with E-state index in [0.717, 1.165) is 0 Å². The Labute approximate surface area is 214 Å². The van der Waals surface area contributed by atoms with E-state index in [4.69, 9.17) is 4.74 Å². The number of rotatable bonds is 8. The van der Waals surface area contributed by atoms with E-state index in [1.54, 1.807) is 6.92 Å². The summed E-state index contributed by atoms with van der Waals surface area (Å²) in [7, 11) is 1.27. The standard InChI is InChI=1S/C22H17N3O7.C5H12/c1-13-11-14(3-9-18(13)22(28)31-2)21(27)32-17-8-10-19(20(26)12-17)24-23-15-4-6-16(7-5-15)25(29)30;1-3-5-4-2/h3-12,26H,1-2H3;3-5H2,1-2H3. The summed E-state index contributed by atoms with van der Waals surface area (Å²) in [6, 6.07) is 13.9. The molecule has 3 rings (SSSR count). The molecule has 10 heteroatoms. The van der Waals surface area contributed by atoms with E-state index < -0.39 is 16.9 Å². The van der Waals surface area contributed by atoms with Gasteiger partial charge in [0.1, 0.15) is 17.2 Å². The second kappa shape index (κ2) is 14.1. The van der Waals surface area contributed by atoms with Crippen LogP contribution in [0.2, 0.25) is 0 Å². The van der Waals surface area contributed by atoms with Gasteiger partial charge in [-0.25, -0.2) is 9.59 Å². The molecule has 0 aliphatic carbocycles. The number of aromatic hydroxyl groups is 1. The SMILES string of the molecule is CCCCC.COC(=O)c1ccc(C(=O)Oc2ccc(N=Nc3ccc([N+](=O)[O-])cc3)c(O)c2)cc1C. The van der Waals surface area contributed by atoms with Crippen LogP contribution in [0.4, 0.5) is 17.1 Å². The summed E-state index contributed by atoms with van der Waals surface area (Å²) in [6.07, 6.45) is 4.08. The van der Waals surface area contributed by atoms with Crippen molar-refractivity contribution in [3.63, 3.8) is 0 Å². The van der Waals surface area contributed by atoms with Gasteiger partial charge in [-0.3, -0.25) is 10.1 Å². The summed E-state index contributed by atoms with van der Waals surface area (Å²) in [5.41, 5.74) is 1.50. The third-order valence-electron chi connectivity index (χ3n) is 5.07. The third-order valence-corrected chi connectivity index (χ3v) is 5.07. The predicted octanol–water partition coefficient (Wildman–Crippen LogP) is 7.23. The molecule has 10 nitrogen and oxygen atoms in total. The van der Waals surface area contributed by atoms with Crippen molar-refractivity contribution in [2.24, 2.45) is 10.2 Å². The summed E-state index contributed by atoms with van der Waals surface area (Å²) < 4.78 is 9.94. The lowest BCUT2D eigenvalue weighted by Crippen LogP contribution is -2.10. The van der Waals surface area contributed by atoms with Crippen molar-refractivity contribution in [1.29, 1.82) is 0 Å². The number of nitrogens with zero attached hydrogens (tertiary/aromatic N) is 3. The molecule has 0 fully saturated rings. The third kappa shape index (κ3) is 8.53. The van der Waals surface area contributed by atoms with Gasteiger partial charge in [0.2, 0.25) is 0 Å². The smallest absolute Gasteiger partial charge is 0.343 e. The lowest BCUT2D eigenvalue weighted by atomic mass is 10.1. The minimum absolute atomic E-state index is 0.0758. The molecule has 0 saturated carbocycles. The molecule has 0 unspecified atom stereocenters. The van der Waals surface area contributed by atoms with Gasteiger partial charge in [-0.15, -0.1) is 5.11 Å². The Morgan fingerprint density at radius 1 is 0.946 bits per heavy atom. The highest BCUT2D eigenvalue weighted by atomic mass is 16.6. The number of methoxy groups -OCH3 is 1. The highest BCUT2D eigenvalue weighted by Crippen LogP contribution is 2.32. The second-order valence-corrected chi connectivity index (χ2v) is 7.89. The average Bonchev–Trinajstić information content (AvgIpc) is 2.88. The maximum absolute atomic E-state index is 12.4. The van der Waals surface area contributed by atoms with Gasteiger partial charge >= 0.3 is 11.9 Å². The number of ether oxygens (including phenoxy) is 2. The Morgan fingerprint density at radius 3 is 2.14 bits per heavy atom. The van der Waals surface area contributed by atoms with Gasteiger partial charge in [0.05, 0.1) is 28.8 Å². The fourth-order valence-electron chi connectivity index (χ4n) is 3.05.